The first kappa shape index (κ1) is 13.4. The van der Waals surface area contributed by atoms with E-state index in [1.54, 1.807) is 12.1 Å². The van der Waals surface area contributed by atoms with Crippen molar-refractivity contribution in [1.82, 2.24) is 9.78 Å². The number of rotatable bonds is 4. The van der Waals surface area contributed by atoms with Gasteiger partial charge in [0.05, 0.1) is 11.8 Å². The summed E-state index contributed by atoms with van der Waals surface area (Å²) in [4.78, 5) is 11.0. The van der Waals surface area contributed by atoms with Crippen molar-refractivity contribution in [2.24, 2.45) is 0 Å². The molecule has 1 aromatic heterocycles. The van der Waals surface area contributed by atoms with Gasteiger partial charge in [-0.25, -0.2) is 4.79 Å². The van der Waals surface area contributed by atoms with Crippen molar-refractivity contribution in [3.8, 4) is 11.1 Å². The lowest BCUT2D eigenvalue weighted by molar-refractivity contribution is 0.0697. The predicted molar refractivity (Wildman–Crippen MR) is 82.4 cm³/mol. The molecule has 4 nitrogen and oxygen atoms in total. The Labute approximate surface area is 122 Å². The molecule has 0 radical (unpaired) electrons. The smallest absolute Gasteiger partial charge is 0.335 e. The number of hydrogen-bond donors (Lipinski definition) is 1. The Bertz CT molecular complexity index is 805. The average molecular weight is 280 g/mol. The maximum absolute atomic E-state index is 11.0. The van der Waals surface area contributed by atoms with Crippen molar-refractivity contribution in [3.05, 3.63) is 54.4 Å². The fourth-order valence-corrected chi connectivity index (χ4v) is 2.42. The van der Waals surface area contributed by atoms with Gasteiger partial charge in [-0.15, -0.1) is 0 Å². The summed E-state index contributed by atoms with van der Waals surface area (Å²) in [6, 6.07) is 11.2. The van der Waals surface area contributed by atoms with Gasteiger partial charge in [0.25, 0.3) is 0 Å². The summed E-state index contributed by atoms with van der Waals surface area (Å²) in [6.45, 7) is 3.03. The lowest BCUT2D eigenvalue weighted by Gasteiger charge is -2.03. The number of aryl methyl sites for hydroxylation is 1. The largest absolute Gasteiger partial charge is 0.478 e. The standard InChI is InChI=1S/C17H16N2O2/c1-2-7-19-11-16(10-18-19)14-4-3-13-9-15(17(20)21)6-5-12(13)8-14/h3-6,8-11H,2,7H2,1H3,(H,20,21). The molecule has 0 unspecified atom stereocenters. The Hall–Kier alpha value is -2.62. The zero-order valence-corrected chi connectivity index (χ0v) is 11.8. The van der Waals surface area contributed by atoms with Crippen molar-refractivity contribution in [3.63, 3.8) is 0 Å². The van der Waals surface area contributed by atoms with Gasteiger partial charge >= 0.3 is 5.97 Å². The topological polar surface area (TPSA) is 55.1 Å². The molecule has 1 heterocycles. The molecule has 0 spiro atoms. The van der Waals surface area contributed by atoms with Crippen LogP contribution in [-0.4, -0.2) is 20.9 Å². The van der Waals surface area contributed by atoms with Crippen LogP contribution in [0, 0.1) is 0 Å². The minimum Gasteiger partial charge on any atom is -0.478 e. The Morgan fingerprint density at radius 1 is 1.14 bits per heavy atom. The molecule has 0 aliphatic rings. The molecule has 1 N–H and O–H groups in total. The fourth-order valence-electron chi connectivity index (χ4n) is 2.42. The molecule has 0 saturated heterocycles. The molecule has 106 valence electrons. The van der Waals surface area contributed by atoms with Crippen LogP contribution < -0.4 is 0 Å². The van der Waals surface area contributed by atoms with Crippen LogP contribution in [0.15, 0.2) is 48.8 Å². The van der Waals surface area contributed by atoms with Crippen LogP contribution in [0.3, 0.4) is 0 Å². The van der Waals surface area contributed by atoms with Crippen LogP contribution in [0.1, 0.15) is 23.7 Å². The molecule has 0 aliphatic carbocycles. The molecule has 21 heavy (non-hydrogen) atoms. The Morgan fingerprint density at radius 2 is 1.90 bits per heavy atom. The minimum absolute atomic E-state index is 0.311. The van der Waals surface area contributed by atoms with Crippen LogP contribution in [0.5, 0.6) is 0 Å². The van der Waals surface area contributed by atoms with Crippen molar-refractivity contribution >= 4 is 16.7 Å². The molecule has 0 bridgehead atoms. The highest BCUT2D eigenvalue weighted by atomic mass is 16.4. The second-order valence-electron chi connectivity index (χ2n) is 5.07. The normalized spacial score (nSPS) is 10.9. The zero-order chi connectivity index (χ0) is 14.8. The fraction of sp³-hybridized carbons (Fsp3) is 0.176. The SMILES string of the molecule is CCCn1cc(-c2ccc3cc(C(=O)O)ccc3c2)cn1. The molecule has 2 aromatic carbocycles. The molecule has 3 aromatic rings. The van der Waals surface area contributed by atoms with Gasteiger partial charge in [0.1, 0.15) is 0 Å². The summed E-state index contributed by atoms with van der Waals surface area (Å²) >= 11 is 0. The van der Waals surface area contributed by atoms with Crippen molar-refractivity contribution < 1.29 is 9.90 Å². The average Bonchev–Trinajstić information content (AvgIpc) is 2.95. The Morgan fingerprint density at radius 3 is 2.67 bits per heavy atom. The van der Waals surface area contributed by atoms with Gasteiger partial charge in [0.15, 0.2) is 0 Å². The van der Waals surface area contributed by atoms with E-state index in [1.165, 1.54) is 0 Å². The Balaban J connectivity index is 2.00. The van der Waals surface area contributed by atoms with Crippen LogP contribution in [0.25, 0.3) is 21.9 Å². The summed E-state index contributed by atoms with van der Waals surface area (Å²) in [7, 11) is 0. The number of carbonyl (C=O) groups is 1. The van der Waals surface area contributed by atoms with E-state index >= 15 is 0 Å². The first-order valence-corrected chi connectivity index (χ1v) is 6.97. The van der Waals surface area contributed by atoms with Gasteiger partial charge in [0.2, 0.25) is 0 Å². The molecule has 0 aliphatic heterocycles. The maximum atomic E-state index is 11.0. The first-order valence-electron chi connectivity index (χ1n) is 6.97. The van der Waals surface area contributed by atoms with Crippen molar-refractivity contribution in [1.29, 1.82) is 0 Å². The second kappa shape index (κ2) is 5.40. The molecular formula is C17H16N2O2. The summed E-state index contributed by atoms with van der Waals surface area (Å²) in [5.74, 6) is -0.901. The van der Waals surface area contributed by atoms with E-state index in [-0.39, 0.29) is 0 Å². The molecule has 0 saturated carbocycles. The van der Waals surface area contributed by atoms with Crippen molar-refractivity contribution in [2.45, 2.75) is 19.9 Å². The van der Waals surface area contributed by atoms with Crippen LogP contribution in [0.4, 0.5) is 0 Å². The maximum Gasteiger partial charge on any atom is 0.335 e. The molecule has 3 rings (SSSR count). The van der Waals surface area contributed by atoms with E-state index in [9.17, 15) is 4.79 Å². The quantitative estimate of drug-likeness (QED) is 0.790. The third-order valence-electron chi connectivity index (χ3n) is 3.51. The highest BCUT2D eigenvalue weighted by molar-refractivity contribution is 5.95. The predicted octanol–water partition coefficient (Wildman–Crippen LogP) is 3.81. The summed E-state index contributed by atoms with van der Waals surface area (Å²) in [6.07, 6.45) is 4.95. The lowest BCUT2D eigenvalue weighted by atomic mass is 10.0. The van der Waals surface area contributed by atoms with Gasteiger partial charge in [-0.1, -0.05) is 25.1 Å². The summed E-state index contributed by atoms with van der Waals surface area (Å²) in [5, 5.41) is 15.3. The molecule has 0 amide bonds. The zero-order valence-electron chi connectivity index (χ0n) is 11.8. The molecular weight excluding hydrogens is 264 g/mol. The summed E-state index contributed by atoms with van der Waals surface area (Å²) in [5.41, 5.74) is 2.48. The number of fused-ring (bicyclic) bond motifs is 1. The van der Waals surface area contributed by atoms with E-state index in [0.29, 0.717) is 5.56 Å². The highest BCUT2D eigenvalue weighted by Crippen LogP contribution is 2.25. The molecule has 0 fully saturated rings. The van der Waals surface area contributed by atoms with Crippen molar-refractivity contribution in [2.75, 3.05) is 0 Å². The third kappa shape index (κ3) is 2.65. The number of hydrogen-bond acceptors (Lipinski definition) is 2. The number of benzene rings is 2. The number of aromatic nitrogens is 2. The van der Waals surface area contributed by atoms with E-state index in [0.717, 1.165) is 34.9 Å². The van der Waals surface area contributed by atoms with Gasteiger partial charge in [-0.05, 0) is 41.0 Å². The van der Waals surface area contributed by atoms with E-state index in [1.807, 2.05) is 35.3 Å². The highest BCUT2D eigenvalue weighted by Gasteiger charge is 2.06. The van der Waals surface area contributed by atoms with E-state index in [2.05, 4.69) is 18.1 Å². The van der Waals surface area contributed by atoms with Crippen LogP contribution in [0.2, 0.25) is 0 Å². The number of carboxylic acid groups (broad SMARTS) is 1. The van der Waals surface area contributed by atoms with E-state index in [4.69, 9.17) is 5.11 Å². The van der Waals surface area contributed by atoms with Gasteiger partial charge in [0, 0.05) is 18.3 Å². The minimum atomic E-state index is -0.901. The molecule has 4 heteroatoms. The van der Waals surface area contributed by atoms with Gasteiger partial charge in [-0.2, -0.15) is 5.10 Å². The van der Waals surface area contributed by atoms with Crippen LogP contribution >= 0.6 is 0 Å². The number of carboxylic acids is 1. The molecule has 0 atom stereocenters. The van der Waals surface area contributed by atoms with E-state index < -0.39 is 5.97 Å². The summed E-state index contributed by atoms with van der Waals surface area (Å²) < 4.78 is 1.94. The second-order valence-corrected chi connectivity index (χ2v) is 5.07. The monoisotopic (exact) mass is 280 g/mol. The number of aromatic carboxylic acids is 1. The van der Waals surface area contributed by atoms with Crippen LogP contribution in [-0.2, 0) is 6.54 Å². The number of nitrogens with zero attached hydrogens (tertiary/aromatic N) is 2. The van der Waals surface area contributed by atoms with Gasteiger partial charge in [-0.3, -0.25) is 4.68 Å². The third-order valence-corrected chi connectivity index (χ3v) is 3.51. The first-order chi connectivity index (χ1) is 10.2. The Kier molecular flexibility index (Phi) is 3.44. The van der Waals surface area contributed by atoms with Gasteiger partial charge < -0.3 is 5.11 Å². The lowest BCUT2D eigenvalue weighted by Crippen LogP contribution is -1.95.